The minimum absolute atomic E-state index is 0.00639. The summed E-state index contributed by atoms with van der Waals surface area (Å²) in [5, 5.41) is 2.91. The molecule has 0 aliphatic carbocycles. The molecular weight excluding hydrogens is 290 g/mol. The Morgan fingerprint density at radius 2 is 1.67 bits per heavy atom. The van der Waals surface area contributed by atoms with E-state index in [4.69, 9.17) is 0 Å². The number of benzene rings is 2. The number of halogens is 1. The van der Waals surface area contributed by atoms with Gasteiger partial charge in [-0.3, -0.25) is 4.79 Å². The van der Waals surface area contributed by atoms with Gasteiger partial charge in [0.15, 0.2) is 0 Å². The summed E-state index contributed by atoms with van der Waals surface area (Å²) in [6, 6.07) is 17.3. The molecule has 3 heteroatoms. The first-order valence-corrected chi connectivity index (χ1v) is 6.58. The molecule has 1 N–H and O–H groups in total. The number of amides is 1. The van der Waals surface area contributed by atoms with Crippen LogP contribution in [0, 0.1) is 0 Å². The molecule has 0 radical (unpaired) electrons. The van der Waals surface area contributed by atoms with Crippen molar-refractivity contribution in [2.24, 2.45) is 0 Å². The third kappa shape index (κ3) is 2.99. The lowest BCUT2D eigenvalue weighted by atomic mass is 10.0. The van der Waals surface area contributed by atoms with E-state index in [0.29, 0.717) is 0 Å². The van der Waals surface area contributed by atoms with Crippen LogP contribution in [-0.4, -0.2) is 5.91 Å². The fourth-order valence-corrected chi connectivity index (χ4v) is 2.37. The highest BCUT2D eigenvalue weighted by Crippen LogP contribution is 2.25. The molecule has 0 aliphatic heterocycles. The topological polar surface area (TPSA) is 29.1 Å². The van der Waals surface area contributed by atoms with Crippen molar-refractivity contribution in [3.63, 3.8) is 0 Å². The van der Waals surface area contributed by atoms with Gasteiger partial charge in [0.1, 0.15) is 0 Å². The zero-order valence-corrected chi connectivity index (χ0v) is 11.6. The van der Waals surface area contributed by atoms with E-state index in [1.165, 1.54) is 0 Å². The summed E-state index contributed by atoms with van der Waals surface area (Å²) in [7, 11) is 0. The fraction of sp³-hybridized carbons (Fsp3) is 0.133. The maximum Gasteiger partial charge on any atom is 0.231 e. The number of nitrogens with one attached hydrogen (secondary N) is 1. The average Bonchev–Trinajstić information content (AvgIpc) is 2.39. The van der Waals surface area contributed by atoms with Crippen molar-refractivity contribution < 1.29 is 4.79 Å². The van der Waals surface area contributed by atoms with Gasteiger partial charge in [-0.2, -0.15) is 0 Å². The molecule has 0 aliphatic rings. The summed E-state index contributed by atoms with van der Waals surface area (Å²) in [6.45, 7) is 1.90. The van der Waals surface area contributed by atoms with E-state index in [2.05, 4.69) is 21.2 Å². The molecule has 2 nitrogen and oxygen atoms in total. The Morgan fingerprint density at radius 1 is 1.06 bits per heavy atom. The Kier molecular flexibility index (Phi) is 4.15. The van der Waals surface area contributed by atoms with Crippen LogP contribution in [0.15, 0.2) is 59.1 Å². The largest absolute Gasteiger partial charge is 0.326 e. The monoisotopic (exact) mass is 303 g/mol. The Balaban J connectivity index is 2.13. The van der Waals surface area contributed by atoms with E-state index in [9.17, 15) is 4.79 Å². The molecule has 2 aromatic rings. The highest BCUT2D eigenvalue weighted by Gasteiger charge is 2.17. The molecule has 0 fully saturated rings. The molecule has 0 aromatic heterocycles. The molecule has 0 heterocycles. The van der Waals surface area contributed by atoms with E-state index < -0.39 is 0 Å². The van der Waals surface area contributed by atoms with Crippen LogP contribution in [0.25, 0.3) is 0 Å². The second-order valence-electron chi connectivity index (χ2n) is 4.10. The van der Waals surface area contributed by atoms with Crippen LogP contribution in [0.2, 0.25) is 0 Å². The van der Waals surface area contributed by atoms with Crippen molar-refractivity contribution in [2.45, 2.75) is 12.8 Å². The van der Waals surface area contributed by atoms with Gasteiger partial charge < -0.3 is 5.32 Å². The Bertz CT molecular complexity index is 539. The van der Waals surface area contributed by atoms with Gasteiger partial charge in [-0.25, -0.2) is 0 Å². The summed E-state index contributed by atoms with van der Waals surface area (Å²) in [5.74, 6) is -0.200. The summed E-state index contributed by atoms with van der Waals surface area (Å²) < 4.78 is 0.959. The van der Waals surface area contributed by atoms with Crippen LogP contribution in [0.1, 0.15) is 18.4 Å². The van der Waals surface area contributed by atoms with Crippen LogP contribution >= 0.6 is 15.9 Å². The Morgan fingerprint density at radius 3 is 2.33 bits per heavy atom. The van der Waals surface area contributed by atoms with Gasteiger partial charge >= 0.3 is 0 Å². The van der Waals surface area contributed by atoms with E-state index in [1.54, 1.807) is 0 Å². The fourth-order valence-electron chi connectivity index (χ4n) is 1.74. The van der Waals surface area contributed by atoms with Gasteiger partial charge in [-0.1, -0.05) is 52.3 Å². The SMILES string of the molecule is CC(C(=O)Nc1ccccc1)c1ccccc1Br. The molecule has 18 heavy (non-hydrogen) atoms. The molecule has 0 saturated heterocycles. The third-order valence-corrected chi connectivity index (χ3v) is 3.53. The molecule has 0 spiro atoms. The second kappa shape index (κ2) is 5.83. The van der Waals surface area contributed by atoms with Crippen molar-refractivity contribution in [2.75, 3.05) is 5.32 Å². The minimum atomic E-state index is -0.194. The van der Waals surface area contributed by atoms with E-state index >= 15 is 0 Å². The first-order valence-electron chi connectivity index (χ1n) is 5.79. The maximum atomic E-state index is 12.1. The number of hydrogen-bond acceptors (Lipinski definition) is 1. The molecule has 1 unspecified atom stereocenters. The number of anilines is 1. The quantitative estimate of drug-likeness (QED) is 0.905. The molecule has 92 valence electrons. The van der Waals surface area contributed by atoms with Gasteiger partial charge in [-0.05, 0) is 30.7 Å². The highest BCUT2D eigenvalue weighted by molar-refractivity contribution is 9.10. The number of rotatable bonds is 3. The van der Waals surface area contributed by atoms with Crippen LogP contribution in [0.3, 0.4) is 0 Å². The van der Waals surface area contributed by atoms with E-state index in [1.807, 2.05) is 61.5 Å². The van der Waals surface area contributed by atoms with Gasteiger partial charge in [0, 0.05) is 10.2 Å². The van der Waals surface area contributed by atoms with Crippen molar-refractivity contribution in [3.8, 4) is 0 Å². The minimum Gasteiger partial charge on any atom is -0.326 e. The standard InChI is InChI=1S/C15H14BrNO/c1-11(13-9-5-6-10-14(13)16)15(18)17-12-7-3-2-4-8-12/h2-11H,1H3,(H,17,18). The van der Waals surface area contributed by atoms with E-state index in [0.717, 1.165) is 15.7 Å². The lowest BCUT2D eigenvalue weighted by Crippen LogP contribution is -2.19. The second-order valence-corrected chi connectivity index (χ2v) is 4.95. The normalized spacial score (nSPS) is 11.9. The first kappa shape index (κ1) is 12.8. The molecular formula is C15H14BrNO. The molecule has 0 saturated carbocycles. The van der Waals surface area contributed by atoms with Crippen molar-refractivity contribution in [3.05, 3.63) is 64.6 Å². The van der Waals surface area contributed by atoms with Crippen molar-refractivity contribution in [1.29, 1.82) is 0 Å². The molecule has 1 amide bonds. The van der Waals surface area contributed by atoms with Crippen LogP contribution in [0.5, 0.6) is 0 Å². The van der Waals surface area contributed by atoms with Crippen LogP contribution in [-0.2, 0) is 4.79 Å². The zero-order chi connectivity index (χ0) is 13.0. The molecule has 1 atom stereocenters. The predicted octanol–water partition coefficient (Wildman–Crippen LogP) is 4.19. The average molecular weight is 304 g/mol. The highest BCUT2D eigenvalue weighted by atomic mass is 79.9. The number of carbonyl (C=O) groups excluding carboxylic acids is 1. The lowest BCUT2D eigenvalue weighted by molar-refractivity contribution is -0.117. The summed E-state index contributed by atoms with van der Waals surface area (Å²) >= 11 is 3.47. The molecule has 2 rings (SSSR count). The number of para-hydroxylation sites is 1. The van der Waals surface area contributed by atoms with Crippen LogP contribution < -0.4 is 5.32 Å². The number of hydrogen-bond donors (Lipinski definition) is 1. The van der Waals surface area contributed by atoms with Gasteiger partial charge in [-0.15, -0.1) is 0 Å². The Labute approximate surface area is 115 Å². The zero-order valence-electron chi connectivity index (χ0n) is 10.1. The van der Waals surface area contributed by atoms with Gasteiger partial charge in [0.25, 0.3) is 0 Å². The van der Waals surface area contributed by atoms with Crippen LogP contribution in [0.4, 0.5) is 5.69 Å². The van der Waals surface area contributed by atoms with Gasteiger partial charge in [0.05, 0.1) is 5.92 Å². The van der Waals surface area contributed by atoms with E-state index in [-0.39, 0.29) is 11.8 Å². The third-order valence-electron chi connectivity index (χ3n) is 2.81. The summed E-state index contributed by atoms with van der Waals surface area (Å²) in [5.41, 5.74) is 1.81. The lowest BCUT2D eigenvalue weighted by Gasteiger charge is -2.14. The number of carbonyl (C=O) groups is 1. The summed E-state index contributed by atoms with van der Waals surface area (Å²) in [4.78, 5) is 12.1. The first-order chi connectivity index (χ1) is 8.68. The van der Waals surface area contributed by atoms with Crippen molar-refractivity contribution >= 4 is 27.5 Å². The molecule has 2 aromatic carbocycles. The van der Waals surface area contributed by atoms with Crippen molar-refractivity contribution in [1.82, 2.24) is 0 Å². The molecule has 0 bridgehead atoms. The smallest absolute Gasteiger partial charge is 0.231 e. The van der Waals surface area contributed by atoms with Gasteiger partial charge in [0.2, 0.25) is 5.91 Å². The summed E-state index contributed by atoms with van der Waals surface area (Å²) in [6.07, 6.45) is 0. The Hall–Kier alpha value is -1.61. The maximum absolute atomic E-state index is 12.1. The predicted molar refractivity (Wildman–Crippen MR) is 77.6 cm³/mol.